The predicted octanol–water partition coefficient (Wildman–Crippen LogP) is 3.63. The average molecular weight is 390 g/mol. The van der Waals surface area contributed by atoms with Crippen molar-refractivity contribution in [2.45, 2.75) is 27.7 Å². The molecular weight excluding hydrogens is 368 g/mol. The van der Waals surface area contributed by atoms with Crippen molar-refractivity contribution in [2.24, 2.45) is 0 Å². The molecule has 0 spiro atoms. The Hall–Kier alpha value is -3.42. The minimum absolute atomic E-state index is 0.00553. The highest BCUT2D eigenvalue weighted by Crippen LogP contribution is 2.50. The number of Topliss-reactive ketones (excluding diaryl/α,β-unsaturated/α-hetero) is 2. The normalized spacial score (nSPS) is 10.5. The first-order chi connectivity index (χ1) is 13.1. The van der Waals surface area contributed by atoms with E-state index in [-0.39, 0.29) is 39.7 Å². The summed E-state index contributed by atoms with van der Waals surface area (Å²) in [5, 5.41) is 31.4. The highest BCUT2D eigenvalue weighted by atomic mass is 16.5. The van der Waals surface area contributed by atoms with Crippen molar-refractivity contribution in [1.29, 1.82) is 0 Å². The van der Waals surface area contributed by atoms with Gasteiger partial charge in [0.05, 0.1) is 14.2 Å². The first-order valence-electron chi connectivity index (χ1n) is 8.29. The number of carbonyl (C=O) groups excluding carboxylic acids is 2. The fourth-order valence-electron chi connectivity index (χ4n) is 2.94. The maximum absolute atomic E-state index is 12.1. The molecule has 0 aliphatic heterocycles. The molecule has 0 aliphatic carbocycles. The second kappa shape index (κ2) is 7.67. The molecule has 28 heavy (non-hydrogen) atoms. The molecule has 3 N–H and O–H groups in total. The second-order valence-electron chi connectivity index (χ2n) is 6.20. The minimum Gasteiger partial charge on any atom is -0.507 e. The molecule has 0 bridgehead atoms. The van der Waals surface area contributed by atoms with Crippen molar-refractivity contribution < 1.29 is 39.1 Å². The number of carbonyl (C=O) groups is 2. The van der Waals surface area contributed by atoms with Crippen LogP contribution in [0.25, 0.3) is 0 Å². The van der Waals surface area contributed by atoms with E-state index in [2.05, 4.69) is 0 Å². The average Bonchev–Trinajstić information content (AvgIpc) is 2.63. The predicted molar refractivity (Wildman–Crippen MR) is 101 cm³/mol. The largest absolute Gasteiger partial charge is 0.507 e. The van der Waals surface area contributed by atoms with E-state index in [1.54, 1.807) is 6.92 Å². The lowest BCUT2D eigenvalue weighted by molar-refractivity contribution is 0.0996. The molecule has 150 valence electrons. The third-order valence-electron chi connectivity index (χ3n) is 4.40. The lowest BCUT2D eigenvalue weighted by Gasteiger charge is -2.20. The first-order valence-corrected chi connectivity index (χ1v) is 8.29. The number of ketones is 2. The number of hydrogen-bond donors (Lipinski definition) is 3. The van der Waals surface area contributed by atoms with E-state index < -0.39 is 28.8 Å². The molecule has 0 saturated heterocycles. The summed E-state index contributed by atoms with van der Waals surface area (Å²) in [6.07, 6.45) is 0. The summed E-state index contributed by atoms with van der Waals surface area (Å²) in [4.78, 5) is 24.1. The van der Waals surface area contributed by atoms with E-state index in [0.717, 1.165) is 0 Å². The van der Waals surface area contributed by atoms with E-state index in [1.807, 2.05) is 0 Å². The molecule has 8 nitrogen and oxygen atoms in total. The fourth-order valence-corrected chi connectivity index (χ4v) is 2.94. The number of aromatic hydroxyl groups is 3. The van der Waals surface area contributed by atoms with Gasteiger partial charge in [0, 0.05) is 17.2 Å². The highest BCUT2D eigenvalue weighted by Gasteiger charge is 2.28. The van der Waals surface area contributed by atoms with Gasteiger partial charge < -0.3 is 29.5 Å². The SMILES string of the molecule is COc1cc(Oc2c(O)c(C)c(OC)c(C(C)=O)c2O)c(C(C)=O)c(O)c1C. The van der Waals surface area contributed by atoms with Crippen molar-refractivity contribution in [3.63, 3.8) is 0 Å². The van der Waals surface area contributed by atoms with Crippen molar-refractivity contribution in [3.05, 3.63) is 28.3 Å². The van der Waals surface area contributed by atoms with Gasteiger partial charge >= 0.3 is 0 Å². The van der Waals surface area contributed by atoms with E-state index >= 15 is 0 Å². The fraction of sp³-hybridized carbons (Fsp3) is 0.300. The maximum Gasteiger partial charge on any atom is 0.211 e. The van der Waals surface area contributed by atoms with E-state index in [4.69, 9.17) is 14.2 Å². The summed E-state index contributed by atoms with van der Waals surface area (Å²) in [5.74, 6) is -2.87. The first kappa shape index (κ1) is 20.9. The smallest absolute Gasteiger partial charge is 0.211 e. The zero-order chi connectivity index (χ0) is 21.3. The van der Waals surface area contributed by atoms with Crippen molar-refractivity contribution in [1.82, 2.24) is 0 Å². The number of rotatable bonds is 6. The third-order valence-corrected chi connectivity index (χ3v) is 4.40. The number of methoxy groups -OCH3 is 2. The summed E-state index contributed by atoms with van der Waals surface area (Å²) < 4.78 is 15.9. The second-order valence-corrected chi connectivity index (χ2v) is 6.20. The Bertz CT molecular complexity index is 975. The summed E-state index contributed by atoms with van der Waals surface area (Å²) in [7, 11) is 2.67. The van der Waals surface area contributed by atoms with Gasteiger partial charge in [-0.3, -0.25) is 9.59 Å². The van der Waals surface area contributed by atoms with Gasteiger partial charge in [-0.25, -0.2) is 0 Å². The summed E-state index contributed by atoms with van der Waals surface area (Å²) in [6.45, 7) is 5.49. The summed E-state index contributed by atoms with van der Waals surface area (Å²) in [6, 6.07) is 1.34. The molecule has 2 aromatic carbocycles. The molecule has 2 rings (SSSR count). The van der Waals surface area contributed by atoms with Crippen LogP contribution in [0, 0.1) is 13.8 Å². The maximum atomic E-state index is 12.1. The molecule has 0 atom stereocenters. The molecular formula is C20H22O8. The zero-order valence-corrected chi connectivity index (χ0v) is 16.5. The molecule has 0 amide bonds. The standard InChI is InChI=1S/C20H22O8/c1-8-12(26-5)7-13(14(10(3)21)16(8)23)28-20-17(24)9(2)19(27-6)15(11(4)22)18(20)25/h7,23-25H,1-6H3. The van der Waals surface area contributed by atoms with E-state index in [0.29, 0.717) is 5.56 Å². The van der Waals surface area contributed by atoms with Crippen LogP contribution in [0.3, 0.4) is 0 Å². The van der Waals surface area contributed by atoms with Gasteiger partial charge in [0.1, 0.15) is 34.1 Å². The van der Waals surface area contributed by atoms with Crippen molar-refractivity contribution in [3.8, 4) is 40.2 Å². The Balaban J connectivity index is 2.82. The molecule has 0 unspecified atom stereocenters. The molecule has 0 fully saturated rings. The Morgan fingerprint density at radius 1 is 0.750 bits per heavy atom. The quantitative estimate of drug-likeness (QED) is 0.639. The van der Waals surface area contributed by atoms with Crippen LogP contribution in [0.1, 0.15) is 45.7 Å². The molecule has 0 aliphatic rings. The molecule has 8 heteroatoms. The van der Waals surface area contributed by atoms with Crippen LogP contribution in [0.2, 0.25) is 0 Å². The summed E-state index contributed by atoms with van der Waals surface area (Å²) >= 11 is 0. The van der Waals surface area contributed by atoms with Crippen LogP contribution >= 0.6 is 0 Å². The van der Waals surface area contributed by atoms with Crippen molar-refractivity contribution in [2.75, 3.05) is 14.2 Å². The highest BCUT2D eigenvalue weighted by molar-refractivity contribution is 6.02. The Morgan fingerprint density at radius 2 is 1.32 bits per heavy atom. The number of hydrogen-bond acceptors (Lipinski definition) is 8. The van der Waals surface area contributed by atoms with Crippen LogP contribution in [-0.4, -0.2) is 41.1 Å². The van der Waals surface area contributed by atoms with Gasteiger partial charge in [-0.2, -0.15) is 0 Å². The molecule has 0 radical (unpaired) electrons. The van der Waals surface area contributed by atoms with Gasteiger partial charge in [0.25, 0.3) is 0 Å². The van der Waals surface area contributed by atoms with E-state index in [1.165, 1.54) is 41.1 Å². The van der Waals surface area contributed by atoms with Gasteiger partial charge in [-0.15, -0.1) is 0 Å². The van der Waals surface area contributed by atoms with E-state index in [9.17, 15) is 24.9 Å². The minimum atomic E-state index is -0.652. The molecule has 0 aromatic heterocycles. The molecule has 0 heterocycles. The van der Waals surface area contributed by atoms with Crippen LogP contribution in [0.5, 0.6) is 40.2 Å². The van der Waals surface area contributed by atoms with Crippen LogP contribution in [0.4, 0.5) is 0 Å². The van der Waals surface area contributed by atoms with Crippen LogP contribution in [0.15, 0.2) is 6.07 Å². The lowest BCUT2D eigenvalue weighted by Crippen LogP contribution is -2.05. The van der Waals surface area contributed by atoms with Gasteiger partial charge in [-0.1, -0.05) is 0 Å². The van der Waals surface area contributed by atoms with Gasteiger partial charge in [0.15, 0.2) is 23.1 Å². The number of ether oxygens (including phenoxy) is 3. The Kier molecular flexibility index (Phi) is 5.72. The Labute approximate surface area is 161 Å². The van der Waals surface area contributed by atoms with Crippen LogP contribution < -0.4 is 14.2 Å². The topological polar surface area (TPSA) is 123 Å². The summed E-state index contributed by atoms with van der Waals surface area (Å²) in [5.41, 5.74) is 0.146. The van der Waals surface area contributed by atoms with Gasteiger partial charge in [-0.05, 0) is 27.7 Å². The zero-order valence-electron chi connectivity index (χ0n) is 16.5. The Morgan fingerprint density at radius 3 is 1.79 bits per heavy atom. The third kappa shape index (κ3) is 3.28. The van der Waals surface area contributed by atoms with Crippen LogP contribution in [-0.2, 0) is 0 Å². The number of benzene rings is 2. The molecule has 2 aromatic rings. The monoisotopic (exact) mass is 390 g/mol. The van der Waals surface area contributed by atoms with Crippen molar-refractivity contribution >= 4 is 11.6 Å². The number of phenols is 3. The molecule has 0 saturated carbocycles. The van der Waals surface area contributed by atoms with Gasteiger partial charge in [0.2, 0.25) is 5.75 Å². The lowest BCUT2D eigenvalue weighted by atomic mass is 10.0. The number of phenolic OH excluding ortho intramolecular Hbond substituents is 3.